The van der Waals surface area contributed by atoms with E-state index in [-0.39, 0.29) is 5.75 Å². The van der Waals surface area contributed by atoms with Gasteiger partial charge in [-0.05, 0) is 92.6 Å². The molecule has 0 fully saturated rings. The Morgan fingerprint density at radius 1 is 0.581 bits per heavy atom. The summed E-state index contributed by atoms with van der Waals surface area (Å²) < 4.78 is 37.6. The fourth-order valence-corrected chi connectivity index (χ4v) is 3.49. The molecule has 10 nitrogen and oxygen atoms in total. The van der Waals surface area contributed by atoms with Crippen LogP contribution in [0.5, 0.6) is 23.0 Å². The number of hydrogen-bond acceptors (Lipinski definition) is 10. The van der Waals surface area contributed by atoms with Crippen LogP contribution in [0.1, 0.15) is 40.5 Å². The summed E-state index contributed by atoms with van der Waals surface area (Å²) in [5.41, 5.74) is 0.637. The van der Waals surface area contributed by atoms with Gasteiger partial charge >= 0.3 is 17.9 Å². The summed E-state index contributed by atoms with van der Waals surface area (Å²) >= 11 is 0. The Balaban J connectivity index is 1.37. The van der Waals surface area contributed by atoms with Crippen LogP contribution >= 0.6 is 0 Å². The number of rotatable bonds is 19. The topological polar surface area (TPSA) is 116 Å². The van der Waals surface area contributed by atoms with Crippen molar-refractivity contribution in [2.45, 2.75) is 19.8 Å². The summed E-state index contributed by atoms with van der Waals surface area (Å²) in [6, 6.07) is 19.3. The molecular weight excluding hydrogens is 556 g/mol. The molecule has 0 radical (unpaired) electrons. The van der Waals surface area contributed by atoms with Gasteiger partial charge in [-0.2, -0.15) is 0 Å². The largest absolute Gasteiger partial charge is 0.494 e. The monoisotopic (exact) mass is 592 g/mol. The molecule has 43 heavy (non-hydrogen) atoms. The third-order valence-electron chi connectivity index (χ3n) is 5.72. The van der Waals surface area contributed by atoms with Crippen LogP contribution < -0.4 is 18.9 Å². The Morgan fingerprint density at radius 3 is 1.58 bits per heavy atom. The Morgan fingerprint density at radius 2 is 1.02 bits per heavy atom. The average molecular weight is 593 g/mol. The number of hydrogen-bond donors (Lipinski definition) is 0. The van der Waals surface area contributed by atoms with E-state index >= 15 is 0 Å². The highest BCUT2D eigenvalue weighted by atomic mass is 16.6. The Labute approximate surface area is 251 Å². The second kappa shape index (κ2) is 18.7. The van der Waals surface area contributed by atoms with E-state index in [1.807, 2.05) is 6.92 Å². The molecule has 3 aromatic carbocycles. The number of unbranched alkanes of at least 4 members (excludes halogenated alkanes) is 1. The first-order valence-corrected chi connectivity index (χ1v) is 13.9. The van der Waals surface area contributed by atoms with E-state index in [2.05, 4.69) is 6.58 Å². The van der Waals surface area contributed by atoms with Crippen LogP contribution in [-0.4, -0.2) is 64.2 Å². The van der Waals surface area contributed by atoms with Crippen LogP contribution in [0, 0.1) is 0 Å². The Hall–Kier alpha value is -4.67. The standard InChI is InChI=1S/C33H36O10/c1-3-31(34)41-20-6-5-19-39-27-11-7-25(8-12-27)32(35)42-29-13-9-26(10-14-29)33(36)43-30-17-15-28(16-18-30)40-24-23-38-22-21-37-4-2/h3,7-18H,1,4-6,19-24H2,2H3. The minimum absolute atomic E-state index is 0.280. The lowest BCUT2D eigenvalue weighted by atomic mass is 10.2. The molecule has 0 bridgehead atoms. The summed E-state index contributed by atoms with van der Waals surface area (Å²) in [5, 5.41) is 0. The zero-order valence-corrected chi connectivity index (χ0v) is 24.2. The number of carbonyl (C=O) groups excluding carboxylic acids is 3. The predicted octanol–water partition coefficient (Wildman–Crippen LogP) is 5.45. The molecule has 0 saturated heterocycles. The van der Waals surface area contributed by atoms with E-state index in [0.717, 1.165) is 6.08 Å². The van der Waals surface area contributed by atoms with Crippen molar-refractivity contribution >= 4 is 17.9 Å². The first-order chi connectivity index (χ1) is 21.0. The van der Waals surface area contributed by atoms with Crippen LogP contribution in [0.3, 0.4) is 0 Å². The lowest BCUT2D eigenvalue weighted by molar-refractivity contribution is -0.137. The minimum Gasteiger partial charge on any atom is -0.494 e. The van der Waals surface area contributed by atoms with Gasteiger partial charge in [-0.3, -0.25) is 0 Å². The van der Waals surface area contributed by atoms with Gasteiger partial charge in [0, 0.05) is 12.7 Å². The average Bonchev–Trinajstić information content (AvgIpc) is 3.03. The van der Waals surface area contributed by atoms with Gasteiger partial charge in [0.25, 0.3) is 0 Å². The summed E-state index contributed by atoms with van der Waals surface area (Å²) in [4.78, 5) is 36.1. The molecule has 0 aliphatic carbocycles. The molecule has 0 amide bonds. The molecule has 0 N–H and O–H groups in total. The lowest BCUT2D eigenvalue weighted by Crippen LogP contribution is -2.11. The highest BCUT2D eigenvalue weighted by molar-refractivity contribution is 5.92. The maximum absolute atomic E-state index is 12.5. The number of esters is 3. The summed E-state index contributed by atoms with van der Waals surface area (Å²) in [7, 11) is 0. The van der Waals surface area contributed by atoms with Gasteiger partial charge in [-0.1, -0.05) is 6.58 Å². The van der Waals surface area contributed by atoms with Gasteiger partial charge < -0.3 is 33.2 Å². The molecule has 0 unspecified atom stereocenters. The molecule has 0 aromatic heterocycles. The molecule has 0 spiro atoms. The highest BCUT2D eigenvalue weighted by Gasteiger charge is 2.12. The molecule has 3 aromatic rings. The fourth-order valence-electron chi connectivity index (χ4n) is 3.49. The van der Waals surface area contributed by atoms with Crippen LogP contribution in [0.15, 0.2) is 85.5 Å². The van der Waals surface area contributed by atoms with Crippen molar-refractivity contribution in [2.75, 3.05) is 46.2 Å². The van der Waals surface area contributed by atoms with E-state index in [0.29, 0.717) is 87.5 Å². The predicted molar refractivity (Wildman–Crippen MR) is 158 cm³/mol. The van der Waals surface area contributed by atoms with Crippen molar-refractivity contribution in [1.82, 2.24) is 0 Å². The SMILES string of the molecule is C=CC(=O)OCCCCOc1ccc(C(=O)Oc2ccc(C(=O)Oc3ccc(OCCOCCOCC)cc3)cc2)cc1. The van der Waals surface area contributed by atoms with Crippen molar-refractivity contribution in [2.24, 2.45) is 0 Å². The Bertz CT molecular complexity index is 1280. The molecule has 0 atom stereocenters. The lowest BCUT2D eigenvalue weighted by Gasteiger charge is -2.09. The third kappa shape index (κ3) is 12.4. The van der Waals surface area contributed by atoms with Crippen molar-refractivity contribution in [3.05, 3.63) is 96.6 Å². The fraction of sp³-hybridized carbons (Fsp3) is 0.303. The quantitative estimate of drug-likeness (QED) is 0.0771. The van der Waals surface area contributed by atoms with E-state index in [4.69, 9.17) is 33.2 Å². The molecule has 0 saturated carbocycles. The van der Waals surface area contributed by atoms with Gasteiger partial charge in [0.2, 0.25) is 0 Å². The maximum atomic E-state index is 12.5. The van der Waals surface area contributed by atoms with Crippen molar-refractivity contribution in [3.63, 3.8) is 0 Å². The van der Waals surface area contributed by atoms with Crippen molar-refractivity contribution in [1.29, 1.82) is 0 Å². The normalized spacial score (nSPS) is 10.4. The summed E-state index contributed by atoms with van der Waals surface area (Å²) in [5.74, 6) is 0.321. The molecule has 0 aliphatic rings. The number of benzene rings is 3. The second-order valence-corrected chi connectivity index (χ2v) is 8.88. The van der Waals surface area contributed by atoms with Gasteiger partial charge in [-0.15, -0.1) is 0 Å². The van der Waals surface area contributed by atoms with E-state index in [1.54, 1.807) is 48.5 Å². The summed E-state index contributed by atoms with van der Waals surface area (Å²) in [6.07, 6.45) is 2.49. The highest BCUT2D eigenvalue weighted by Crippen LogP contribution is 2.21. The molecule has 0 heterocycles. The van der Waals surface area contributed by atoms with Gasteiger partial charge in [-0.25, -0.2) is 14.4 Å². The molecule has 3 rings (SSSR count). The van der Waals surface area contributed by atoms with Crippen molar-refractivity contribution in [3.8, 4) is 23.0 Å². The summed E-state index contributed by atoms with van der Waals surface area (Å²) in [6.45, 7) is 8.58. The second-order valence-electron chi connectivity index (χ2n) is 8.88. The third-order valence-corrected chi connectivity index (χ3v) is 5.72. The molecule has 228 valence electrons. The zero-order chi connectivity index (χ0) is 30.7. The zero-order valence-electron chi connectivity index (χ0n) is 24.2. The molecular formula is C33H36O10. The van der Waals surface area contributed by atoms with E-state index < -0.39 is 17.9 Å². The van der Waals surface area contributed by atoms with Crippen LogP contribution in [0.4, 0.5) is 0 Å². The maximum Gasteiger partial charge on any atom is 0.343 e. The minimum atomic E-state index is -0.553. The number of ether oxygens (including phenoxy) is 7. The van der Waals surface area contributed by atoms with E-state index in [1.165, 1.54) is 24.3 Å². The molecule has 0 aliphatic heterocycles. The smallest absolute Gasteiger partial charge is 0.343 e. The molecule has 10 heteroatoms. The number of carbonyl (C=O) groups is 3. The van der Waals surface area contributed by atoms with Gasteiger partial charge in [0.05, 0.1) is 44.2 Å². The van der Waals surface area contributed by atoms with Crippen LogP contribution in [0.2, 0.25) is 0 Å². The van der Waals surface area contributed by atoms with Gasteiger partial charge in [0.15, 0.2) is 0 Å². The van der Waals surface area contributed by atoms with Crippen molar-refractivity contribution < 1.29 is 47.5 Å². The van der Waals surface area contributed by atoms with Gasteiger partial charge in [0.1, 0.15) is 29.6 Å². The van der Waals surface area contributed by atoms with Crippen LogP contribution in [0.25, 0.3) is 0 Å². The van der Waals surface area contributed by atoms with E-state index in [9.17, 15) is 14.4 Å². The first-order valence-electron chi connectivity index (χ1n) is 13.9. The Kier molecular flexibility index (Phi) is 14.3. The van der Waals surface area contributed by atoms with Crippen LogP contribution in [-0.2, 0) is 19.0 Å². The first kappa shape index (κ1) is 32.8.